The summed E-state index contributed by atoms with van der Waals surface area (Å²) in [7, 11) is 0. The van der Waals surface area contributed by atoms with Crippen molar-refractivity contribution < 1.29 is 9.13 Å². The summed E-state index contributed by atoms with van der Waals surface area (Å²) in [5.74, 6) is 0.413. The van der Waals surface area contributed by atoms with Crippen molar-refractivity contribution >= 4 is 0 Å². The minimum absolute atomic E-state index is 0.200. The SMILES string of the molecule is CCCNC(CC1CC(OCC)C1)c1cncc(F)c1. The topological polar surface area (TPSA) is 34.1 Å². The Hall–Kier alpha value is -1.00. The lowest BCUT2D eigenvalue weighted by atomic mass is 9.77. The number of ether oxygens (including phenoxy) is 1. The minimum Gasteiger partial charge on any atom is -0.378 e. The standard InChI is InChI=1S/C16H25FN2O/c1-3-5-19-16(13-9-14(17)11-18-10-13)8-12-6-15(7-12)20-4-2/h9-12,15-16,19H,3-8H2,1-2H3. The average Bonchev–Trinajstić information content (AvgIpc) is 2.40. The van der Waals surface area contributed by atoms with Gasteiger partial charge in [-0.05, 0) is 56.7 Å². The zero-order chi connectivity index (χ0) is 14.4. The summed E-state index contributed by atoms with van der Waals surface area (Å²) in [6.45, 7) is 5.92. The predicted octanol–water partition coefficient (Wildman–Crippen LogP) is 3.47. The molecular weight excluding hydrogens is 255 g/mol. The summed E-state index contributed by atoms with van der Waals surface area (Å²) in [4.78, 5) is 3.97. The third-order valence-corrected chi connectivity index (χ3v) is 3.93. The van der Waals surface area contributed by atoms with Gasteiger partial charge in [0.05, 0.1) is 12.3 Å². The van der Waals surface area contributed by atoms with Crippen molar-refractivity contribution in [3.05, 3.63) is 29.8 Å². The molecule has 2 rings (SSSR count). The predicted molar refractivity (Wildman–Crippen MR) is 78.0 cm³/mol. The third-order valence-electron chi connectivity index (χ3n) is 3.93. The highest BCUT2D eigenvalue weighted by atomic mass is 19.1. The van der Waals surface area contributed by atoms with Gasteiger partial charge in [-0.3, -0.25) is 4.98 Å². The molecule has 1 unspecified atom stereocenters. The van der Waals surface area contributed by atoms with Crippen LogP contribution >= 0.6 is 0 Å². The molecule has 1 aliphatic rings. The van der Waals surface area contributed by atoms with E-state index in [1.54, 1.807) is 12.3 Å². The van der Waals surface area contributed by atoms with Crippen LogP contribution in [0.1, 0.15) is 51.1 Å². The van der Waals surface area contributed by atoms with E-state index in [4.69, 9.17) is 4.74 Å². The molecule has 1 atom stereocenters. The van der Waals surface area contributed by atoms with E-state index < -0.39 is 0 Å². The first-order valence-corrected chi connectivity index (χ1v) is 7.68. The van der Waals surface area contributed by atoms with Crippen molar-refractivity contribution in [2.24, 2.45) is 5.92 Å². The number of rotatable bonds is 8. The Morgan fingerprint density at radius 2 is 2.20 bits per heavy atom. The zero-order valence-corrected chi connectivity index (χ0v) is 12.4. The fraction of sp³-hybridized carbons (Fsp3) is 0.688. The zero-order valence-electron chi connectivity index (χ0n) is 12.4. The molecule has 3 nitrogen and oxygen atoms in total. The molecule has 0 radical (unpaired) electrons. The van der Waals surface area contributed by atoms with Gasteiger partial charge >= 0.3 is 0 Å². The Labute approximate surface area is 120 Å². The van der Waals surface area contributed by atoms with Gasteiger partial charge in [0.2, 0.25) is 0 Å². The smallest absolute Gasteiger partial charge is 0.141 e. The number of nitrogens with zero attached hydrogens (tertiary/aromatic N) is 1. The van der Waals surface area contributed by atoms with Crippen LogP contribution in [-0.4, -0.2) is 24.2 Å². The van der Waals surface area contributed by atoms with Gasteiger partial charge in [-0.15, -0.1) is 0 Å². The molecule has 1 aliphatic carbocycles. The van der Waals surface area contributed by atoms with E-state index in [0.717, 1.165) is 44.4 Å². The van der Waals surface area contributed by atoms with Crippen LogP contribution in [-0.2, 0) is 4.74 Å². The van der Waals surface area contributed by atoms with Crippen LogP contribution in [0.15, 0.2) is 18.5 Å². The highest BCUT2D eigenvalue weighted by molar-refractivity contribution is 5.15. The quantitative estimate of drug-likeness (QED) is 0.791. The van der Waals surface area contributed by atoms with E-state index in [2.05, 4.69) is 17.2 Å². The molecule has 1 aromatic heterocycles. The van der Waals surface area contributed by atoms with E-state index in [-0.39, 0.29) is 11.9 Å². The van der Waals surface area contributed by atoms with Crippen molar-refractivity contribution in [3.63, 3.8) is 0 Å². The van der Waals surface area contributed by atoms with Crippen LogP contribution in [0.5, 0.6) is 0 Å². The maximum absolute atomic E-state index is 13.3. The van der Waals surface area contributed by atoms with E-state index >= 15 is 0 Å². The average molecular weight is 280 g/mol. The molecule has 112 valence electrons. The maximum Gasteiger partial charge on any atom is 0.141 e. The Morgan fingerprint density at radius 3 is 2.85 bits per heavy atom. The molecule has 4 heteroatoms. The lowest BCUT2D eigenvalue weighted by Crippen LogP contribution is -2.35. The van der Waals surface area contributed by atoms with Crippen LogP contribution in [0.2, 0.25) is 0 Å². The Balaban J connectivity index is 1.91. The Kier molecular flexibility index (Phi) is 5.92. The number of hydrogen-bond donors (Lipinski definition) is 1. The lowest BCUT2D eigenvalue weighted by molar-refractivity contribution is -0.0291. The monoisotopic (exact) mass is 280 g/mol. The maximum atomic E-state index is 13.3. The first kappa shape index (κ1) is 15.4. The summed E-state index contributed by atoms with van der Waals surface area (Å²) >= 11 is 0. The van der Waals surface area contributed by atoms with Crippen LogP contribution in [0.3, 0.4) is 0 Å². The highest BCUT2D eigenvalue weighted by Gasteiger charge is 2.31. The number of halogens is 1. The fourth-order valence-electron chi connectivity index (χ4n) is 2.85. The fourth-order valence-corrected chi connectivity index (χ4v) is 2.85. The summed E-state index contributed by atoms with van der Waals surface area (Å²) in [5, 5.41) is 3.51. The largest absolute Gasteiger partial charge is 0.378 e. The molecule has 1 saturated carbocycles. The van der Waals surface area contributed by atoms with Crippen LogP contribution < -0.4 is 5.32 Å². The molecule has 1 fully saturated rings. The summed E-state index contributed by atoms with van der Waals surface area (Å²) < 4.78 is 18.9. The summed E-state index contributed by atoms with van der Waals surface area (Å²) in [5.41, 5.74) is 0.957. The Bertz CT molecular complexity index is 407. The number of nitrogens with one attached hydrogen (secondary N) is 1. The molecule has 20 heavy (non-hydrogen) atoms. The highest BCUT2D eigenvalue weighted by Crippen LogP contribution is 2.36. The van der Waals surface area contributed by atoms with Crippen molar-refractivity contribution in [3.8, 4) is 0 Å². The van der Waals surface area contributed by atoms with Gasteiger partial charge in [0, 0.05) is 18.8 Å². The molecule has 0 bridgehead atoms. The molecule has 0 aliphatic heterocycles. The summed E-state index contributed by atoms with van der Waals surface area (Å²) in [6.07, 6.45) is 7.83. The molecule has 0 aromatic carbocycles. The van der Waals surface area contributed by atoms with Crippen molar-refractivity contribution in [2.45, 2.75) is 51.7 Å². The second kappa shape index (κ2) is 7.70. The van der Waals surface area contributed by atoms with Gasteiger partial charge in [0.1, 0.15) is 5.82 Å². The van der Waals surface area contributed by atoms with E-state index in [1.165, 1.54) is 6.20 Å². The molecule has 1 N–H and O–H groups in total. The molecule has 0 spiro atoms. The van der Waals surface area contributed by atoms with E-state index in [1.807, 2.05) is 6.92 Å². The van der Waals surface area contributed by atoms with Crippen LogP contribution in [0.4, 0.5) is 4.39 Å². The second-order valence-electron chi connectivity index (χ2n) is 5.59. The molecule has 0 amide bonds. The molecule has 1 heterocycles. The lowest BCUT2D eigenvalue weighted by Gasteiger charge is -2.37. The first-order chi connectivity index (χ1) is 9.72. The Morgan fingerprint density at radius 1 is 1.40 bits per heavy atom. The summed E-state index contributed by atoms with van der Waals surface area (Å²) in [6, 6.07) is 1.80. The van der Waals surface area contributed by atoms with Gasteiger partial charge in [-0.2, -0.15) is 0 Å². The number of pyridine rings is 1. The number of aromatic nitrogens is 1. The molecular formula is C16H25FN2O. The minimum atomic E-state index is -0.258. The van der Waals surface area contributed by atoms with E-state index in [9.17, 15) is 4.39 Å². The van der Waals surface area contributed by atoms with Gasteiger partial charge in [-0.25, -0.2) is 4.39 Å². The molecule has 1 aromatic rings. The second-order valence-corrected chi connectivity index (χ2v) is 5.59. The third kappa shape index (κ3) is 4.25. The number of hydrogen-bond acceptors (Lipinski definition) is 3. The normalized spacial score (nSPS) is 23.4. The van der Waals surface area contributed by atoms with Gasteiger partial charge in [-0.1, -0.05) is 6.92 Å². The molecule has 0 saturated heterocycles. The van der Waals surface area contributed by atoms with Gasteiger partial charge in [0.15, 0.2) is 0 Å². The van der Waals surface area contributed by atoms with Crippen molar-refractivity contribution in [2.75, 3.05) is 13.2 Å². The van der Waals surface area contributed by atoms with Crippen LogP contribution in [0.25, 0.3) is 0 Å². The van der Waals surface area contributed by atoms with Crippen molar-refractivity contribution in [1.29, 1.82) is 0 Å². The van der Waals surface area contributed by atoms with E-state index in [0.29, 0.717) is 12.0 Å². The van der Waals surface area contributed by atoms with Gasteiger partial charge < -0.3 is 10.1 Å². The van der Waals surface area contributed by atoms with Crippen LogP contribution in [0, 0.1) is 11.7 Å². The van der Waals surface area contributed by atoms with Gasteiger partial charge in [0.25, 0.3) is 0 Å². The van der Waals surface area contributed by atoms with Crippen molar-refractivity contribution in [1.82, 2.24) is 10.3 Å². The first-order valence-electron chi connectivity index (χ1n) is 7.68.